The van der Waals surface area contributed by atoms with Gasteiger partial charge >= 0.3 is 17.5 Å². The SMILES string of the molecule is C[N+](C)(C)C1=NC([N+](C)(C)C)=[N+]=C1c1cccc(Cl)c1Cl. The van der Waals surface area contributed by atoms with Crippen molar-refractivity contribution in [1.29, 1.82) is 0 Å². The van der Waals surface area contributed by atoms with Crippen LogP contribution in [0.15, 0.2) is 23.2 Å². The molecular weight excluding hydrogens is 307 g/mol. The van der Waals surface area contributed by atoms with Crippen LogP contribution >= 0.6 is 23.2 Å². The molecule has 4 nitrogen and oxygen atoms in total. The third kappa shape index (κ3) is 3.20. The lowest BCUT2D eigenvalue weighted by Gasteiger charge is -2.18. The Kier molecular flexibility index (Phi) is 4.04. The average molecular weight is 328 g/mol. The van der Waals surface area contributed by atoms with E-state index in [4.69, 9.17) is 32.9 Å². The molecule has 0 aliphatic carbocycles. The number of likely N-dealkylation sites (N-methyl/N-ethyl adjacent to an activating group) is 1. The van der Waals surface area contributed by atoms with E-state index in [2.05, 4.69) is 21.1 Å². The minimum absolute atomic E-state index is 0.515. The van der Waals surface area contributed by atoms with Gasteiger partial charge in [-0.15, -0.1) is 4.67 Å². The Labute approximate surface area is 135 Å². The fourth-order valence-electron chi connectivity index (χ4n) is 1.96. The monoisotopic (exact) mass is 327 g/mol. The summed E-state index contributed by atoms with van der Waals surface area (Å²) in [7, 11) is 12.3. The second-order valence-electron chi connectivity index (χ2n) is 6.82. The van der Waals surface area contributed by atoms with Crippen molar-refractivity contribution in [2.24, 2.45) is 4.99 Å². The van der Waals surface area contributed by atoms with Crippen LogP contribution in [0.5, 0.6) is 0 Å². The predicted octanol–water partition coefficient (Wildman–Crippen LogP) is 2.03. The first-order valence-corrected chi connectivity index (χ1v) is 7.40. The summed E-state index contributed by atoms with van der Waals surface area (Å²) in [5.74, 6) is 1.63. The minimum atomic E-state index is 0.515. The van der Waals surface area contributed by atoms with E-state index in [9.17, 15) is 0 Å². The summed E-state index contributed by atoms with van der Waals surface area (Å²) in [6, 6.07) is 5.58. The summed E-state index contributed by atoms with van der Waals surface area (Å²) in [4.78, 5) is 4.73. The van der Waals surface area contributed by atoms with Crippen molar-refractivity contribution in [3.63, 3.8) is 0 Å². The normalized spacial score (nSPS) is 15.7. The van der Waals surface area contributed by atoms with Gasteiger partial charge in [0.25, 0.3) is 0 Å². The maximum absolute atomic E-state index is 6.36. The first kappa shape index (κ1) is 16.2. The number of hydrogen-bond donors (Lipinski definition) is 0. The topological polar surface area (TPSA) is 26.5 Å². The molecule has 21 heavy (non-hydrogen) atoms. The summed E-state index contributed by atoms with van der Waals surface area (Å²) in [5.41, 5.74) is 1.61. The lowest BCUT2D eigenvalue weighted by atomic mass is 10.1. The highest BCUT2D eigenvalue weighted by Crippen LogP contribution is 2.27. The van der Waals surface area contributed by atoms with Crippen molar-refractivity contribution < 1.29 is 8.97 Å². The number of hydrogen-bond acceptors (Lipinski definition) is 1. The van der Waals surface area contributed by atoms with Crippen LogP contribution < -0.4 is 4.67 Å². The van der Waals surface area contributed by atoms with Crippen molar-refractivity contribution in [3.05, 3.63) is 33.8 Å². The Balaban J connectivity index is 2.71. The maximum atomic E-state index is 6.36. The van der Waals surface area contributed by atoms with E-state index in [0.29, 0.717) is 19.0 Å². The van der Waals surface area contributed by atoms with Crippen molar-refractivity contribution >= 4 is 40.7 Å². The molecule has 0 bridgehead atoms. The number of guanidine groups is 1. The Hall–Kier alpha value is -1.16. The van der Waals surface area contributed by atoms with Crippen molar-refractivity contribution in [2.45, 2.75) is 0 Å². The van der Waals surface area contributed by atoms with Crippen LogP contribution in [0, 0.1) is 0 Å². The van der Waals surface area contributed by atoms with Gasteiger partial charge in [0.2, 0.25) is 0 Å². The van der Waals surface area contributed by atoms with Gasteiger partial charge in [-0.2, -0.15) is 0 Å². The second-order valence-corrected chi connectivity index (χ2v) is 7.61. The number of benzene rings is 1. The standard InChI is InChI=1S/C15H21Cl2N4/c1-20(2,3)14-13(18-15(19-14)21(4,5)6)10-8-7-9-11(16)12(10)17/h7-9H,1-6H3/q+3. The molecule has 1 aliphatic rings. The van der Waals surface area contributed by atoms with E-state index in [1.54, 1.807) is 6.07 Å². The number of halogens is 2. The third-order valence-corrected chi connectivity index (χ3v) is 3.89. The summed E-state index contributed by atoms with van der Waals surface area (Å²) in [6.45, 7) is 0. The van der Waals surface area contributed by atoms with Crippen molar-refractivity contribution in [2.75, 3.05) is 42.3 Å². The zero-order chi connectivity index (χ0) is 16.0. The largest absolute Gasteiger partial charge is 0.598 e. The van der Waals surface area contributed by atoms with Crippen LogP contribution in [0.1, 0.15) is 5.56 Å². The molecule has 0 atom stereocenters. The zero-order valence-electron chi connectivity index (χ0n) is 13.3. The average Bonchev–Trinajstić information content (AvgIpc) is 2.77. The summed E-state index contributed by atoms with van der Waals surface area (Å²) in [5, 5.41) is 1.04. The summed E-state index contributed by atoms with van der Waals surface area (Å²) in [6.07, 6.45) is 0. The van der Waals surface area contributed by atoms with Gasteiger partial charge in [-0.3, -0.25) is 4.48 Å². The van der Waals surface area contributed by atoms with Crippen molar-refractivity contribution in [3.8, 4) is 0 Å². The molecule has 0 saturated carbocycles. The second kappa shape index (κ2) is 5.24. The van der Waals surface area contributed by atoms with Crippen LogP contribution in [-0.2, 0) is 0 Å². The lowest BCUT2D eigenvalue weighted by Crippen LogP contribution is -2.46. The highest BCUT2D eigenvalue weighted by Gasteiger charge is 2.47. The van der Waals surface area contributed by atoms with Gasteiger partial charge in [0.1, 0.15) is 0 Å². The molecule has 0 spiro atoms. The molecule has 6 heteroatoms. The highest BCUT2D eigenvalue weighted by molar-refractivity contribution is 6.52. The molecule has 2 rings (SSSR count). The molecule has 0 unspecified atom stereocenters. The lowest BCUT2D eigenvalue weighted by molar-refractivity contribution is -0.781. The summed E-state index contributed by atoms with van der Waals surface area (Å²) < 4.78 is 5.83. The molecule has 1 aromatic rings. The maximum Gasteiger partial charge on any atom is 0.598 e. The van der Waals surface area contributed by atoms with Gasteiger partial charge in [0.15, 0.2) is 0 Å². The summed E-state index contributed by atoms with van der Waals surface area (Å²) >= 11 is 12.5. The third-order valence-electron chi connectivity index (χ3n) is 3.07. The molecule has 1 aliphatic heterocycles. The van der Waals surface area contributed by atoms with Gasteiger partial charge in [0.05, 0.1) is 62.9 Å². The van der Waals surface area contributed by atoms with Gasteiger partial charge in [-0.25, -0.2) is 4.48 Å². The van der Waals surface area contributed by atoms with E-state index < -0.39 is 0 Å². The van der Waals surface area contributed by atoms with E-state index in [-0.39, 0.29) is 0 Å². The predicted molar refractivity (Wildman–Crippen MR) is 91.2 cm³/mol. The van der Waals surface area contributed by atoms with Crippen LogP contribution in [0.4, 0.5) is 0 Å². The minimum Gasteiger partial charge on any atom is -0.255 e. The highest BCUT2D eigenvalue weighted by atomic mass is 35.5. The van der Waals surface area contributed by atoms with Crippen LogP contribution in [0.2, 0.25) is 10.0 Å². The molecule has 0 fully saturated rings. The Morgan fingerprint density at radius 2 is 1.57 bits per heavy atom. The molecule has 0 radical (unpaired) electrons. The fourth-order valence-corrected chi connectivity index (χ4v) is 2.35. The molecule has 0 aromatic heterocycles. The van der Waals surface area contributed by atoms with Gasteiger partial charge in [-0.05, 0) is 12.1 Å². The van der Waals surface area contributed by atoms with E-state index >= 15 is 0 Å². The van der Waals surface area contributed by atoms with E-state index in [0.717, 1.165) is 23.1 Å². The Morgan fingerprint density at radius 3 is 2.10 bits per heavy atom. The zero-order valence-corrected chi connectivity index (χ0v) is 14.8. The number of aliphatic imine (C=N–C) groups is 1. The molecule has 0 N–H and O–H groups in total. The first-order chi connectivity index (χ1) is 9.51. The Morgan fingerprint density at radius 1 is 0.952 bits per heavy atom. The molecule has 1 heterocycles. The van der Waals surface area contributed by atoms with Crippen LogP contribution in [0.25, 0.3) is 0 Å². The van der Waals surface area contributed by atoms with Gasteiger partial charge < -0.3 is 0 Å². The molecule has 0 saturated heterocycles. The van der Waals surface area contributed by atoms with E-state index in [1.165, 1.54) is 0 Å². The molecule has 1 aromatic carbocycles. The first-order valence-electron chi connectivity index (χ1n) is 6.65. The smallest absolute Gasteiger partial charge is 0.255 e. The molecule has 0 amide bonds. The van der Waals surface area contributed by atoms with Crippen molar-refractivity contribution in [1.82, 2.24) is 4.67 Å². The molecular formula is C15H21Cl2N4+3. The van der Waals surface area contributed by atoms with Crippen LogP contribution in [-0.4, -0.2) is 68.8 Å². The Bertz CT molecular complexity index is 685. The number of nitrogens with zero attached hydrogens (tertiary/aromatic N) is 4. The quantitative estimate of drug-likeness (QED) is 0.557. The van der Waals surface area contributed by atoms with Gasteiger partial charge in [-0.1, -0.05) is 29.3 Å². The van der Waals surface area contributed by atoms with Gasteiger partial charge in [0, 0.05) is 0 Å². The number of quaternary nitrogens is 2. The van der Waals surface area contributed by atoms with Crippen LogP contribution in [0.3, 0.4) is 0 Å². The number of rotatable bonds is 1. The fraction of sp³-hybridized carbons (Fsp3) is 0.400. The number of amidine groups is 1. The van der Waals surface area contributed by atoms with E-state index in [1.807, 2.05) is 33.3 Å². The molecule has 112 valence electrons.